The molecule has 0 amide bonds. The molecule has 14 heteroatoms. The Kier molecular flexibility index (Phi) is 8.16. The molecule has 14 nitrogen and oxygen atoms in total. The van der Waals surface area contributed by atoms with Crippen LogP contribution in [-0.4, -0.2) is 62.0 Å². The zero-order valence-corrected chi connectivity index (χ0v) is 21.0. The molecule has 0 bridgehead atoms. The zero-order chi connectivity index (χ0) is 27.9. The second-order valence-electron chi connectivity index (χ2n) is 8.09. The van der Waals surface area contributed by atoms with Crippen molar-refractivity contribution in [1.29, 1.82) is 5.41 Å². The van der Waals surface area contributed by atoms with Crippen LogP contribution in [0.1, 0.15) is 29.9 Å². The maximum absolute atomic E-state index is 12.8. The van der Waals surface area contributed by atoms with Crippen LogP contribution in [-0.2, 0) is 4.79 Å². The number of anilines is 1. The van der Waals surface area contributed by atoms with Gasteiger partial charge in [-0.2, -0.15) is 0 Å². The van der Waals surface area contributed by atoms with Crippen LogP contribution in [0.4, 0.5) is 5.69 Å². The van der Waals surface area contributed by atoms with Gasteiger partial charge < -0.3 is 30.4 Å². The highest BCUT2D eigenvalue weighted by Gasteiger charge is 2.23. The number of rotatable bonds is 11. The molecule has 0 radical (unpaired) electrons. The van der Waals surface area contributed by atoms with Crippen molar-refractivity contribution in [1.82, 2.24) is 24.7 Å². The number of methoxy groups -OCH3 is 1. The molecule has 0 saturated heterocycles. The number of amidine groups is 1. The molecular formula is C25H26N8O6. The van der Waals surface area contributed by atoms with Crippen LogP contribution in [0, 0.1) is 5.41 Å². The third kappa shape index (κ3) is 6.37. The third-order valence-electron chi connectivity index (χ3n) is 5.32. The average molecular weight is 535 g/mol. The summed E-state index contributed by atoms with van der Waals surface area (Å²) in [4.78, 5) is 35.4. The quantitative estimate of drug-likeness (QED) is 0.0799. The normalized spacial score (nSPS) is 11.5. The molecule has 2 aromatic heterocycles. The highest BCUT2D eigenvalue weighted by molar-refractivity contribution is 5.98. The number of H-pyrrole nitrogens is 1. The Morgan fingerprint density at radius 2 is 1.95 bits per heavy atom. The van der Waals surface area contributed by atoms with Gasteiger partial charge in [-0.05, 0) is 35.9 Å². The van der Waals surface area contributed by atoms with Gasteiger partial charge in [-0.3, -0.25) is 15.2 Å². The summed E-state index contributed by atoms with van der Waals surface area (Å²) in [6.45, 7) is 1.10. The predicted molar refractivity (Wildman–Crippen MR) is 140 cm³/mol. The Bertz CT molecular complexity index is 1540. The van der Waals surface area contributed by atoms with Crippen molar-refractivity contribution in [2.24, 2.45) is 5.73 Å². The summed E-state index contributed by atoms with van der Waals surface area (Å²) in [7, 11) is 1.49. The van der Waals surface area contributed by atoms with Crippen molar-refractivity contribution in [3.63, 3.8) is 0 Å². The Balaban J connectivity index is 1.83. The third-order valence-corrected chi connectivity index (χ3v) is 5.32. The number of aromatic amines is 1. The van der Waals surface area contributed by atoms with Crippen LogP contribution in [0.15, 0.2) is 59.7 Å². The lowest BCUT2D eigenvalue weighted by molar-refractivity contribution is -0.131. The van der Waals surface area contributed by atoms with Crippen molar-refractivity contribution in [2.45, 2.75) is 13.0 Å². The van der Waals surface area contributed by atoms with E-state index < -0.39 is 17.7 Å². The summed E-state index contributed by atoms with van der Waals surface area (Å²) in [5, 5.41) is 24.7. The number of nitrogen functional groups attached to an aromatic ring is 1. The van der Waals surface area contributed by atoms with Crippen molar-refractivity contribution >= 4 is 17.5 Å². The summed E-state index contributed by atoms with van der Waals surface area (Å²) in [5.41, 5.74) is 6.33. The van der Waals surface area contributed by atoms with Gasteiger partial charge in [0.25, 0.3) is 5.95 Å². The molecule has 1 atom stereocenters. The van der Waals surface area contributed by atoms with Crippen LogP contribution >= 0.6 is 0 Å². The molecule has 0 spiro atoms. The van der Waals surface area contributed by atoms with E-state index in [9.17, 15) is 14.7 Å². The average Bonchev–Trinajstić information content (AvgIpc) is 3.31. The van der Waals surface area contributed by atoms with E-state index in [0.717, 1.165) is 4.68 Å². The van der Waals surface area contributed by atoms with Crippen LogP contribution in [0.2, 0.25) is 0 Å². The van der Waals surface area contributed by atoms with E-state index in [1.54, 1.807) is 30.3 Å². The van der Waals surface area contributed by atoms with Gasteiger partial charge in [0.05, 0.1) is 19.3 Å². The van der Waals surface area contributed by atoms with E-state index in [-0.39, 0.29) is 42.1 Å². The molecule has 0 aliphatic rings. The second kappa shape index (κ2) is 11.9. The Labute approximate surface area is 221 Å². The molecule has 2 heterocycles. The Hall–Kier alpha value is -5.24. The minimum Gasteiger partial charge on any atom is -0.497 e. The minimum absolute atomic E-state index is 0.0553. The molecule has 2 aromatic carbocycles. The first-order valence-corrected chi connectivity index (χ1v) is 11.6. The van der Waals surface area contributed by atoms with E-state index in [1.165, 1.54) is 38.6 Å². The van der Waals surface area contributed by atoms with Gasteiger partial charge >= 0.3 is 11.7 Å². The number of carbonyl (C=O) groups excluding carboxylic acids is 1. The summed E-state index contributed by atoms with van der Waals surface area (Å²) >= 11 is 0. The van der Waals surface area contributed by atoms with E-state index in [2.05, 4.69) is 25.4 Å². The number of benzene rings is 2. The number of nitrogens with two attached hydrogens (primary N) is 1. The number of aliphatic hydroxyl groups is 1. The SMILES string of the molecule is COc1cc(OCCO)cc([C@H](Nc2ccc(C(=N)N)c(OC(C)=O)c2)c2nn(-c3ncccn3)c(=O)[nH]2)c1. The number of aromatic nitrogens is 5. The molecule has 0 aliphatic carbocycles. The number of ether oxygens (including phenoxy) is 3. The highest BCUT2D eigenvalue weighted by atomic mass is 16.5. The molecule has 0 saturated carbocycles. The Morgan fingerprint density at radius 1 is 1.21 bits per heavy atom. The lowest BCUT2D eigenvalue weighted by Gasteiger charge is -2.21. The number of nitrogens with one attached hydrogen (secondary N) is 3. The van der Waals surface area contributed by atoms with Crippen molar-refractivity contribution in [3.8, 4) is 23.2 Å². The van der Waals surface area contributed by atoms with E-state index in [0.29, 0.717) is 22.7 Å². The molecule has 4 rings (SSSR count). The largest absolute Gasteiger partial charge is 0.497 e. The minimum atomic E-state index is -0.803. The highest BCUT2D eigenvalue weighted by Crippen LogP contribution is 2.33. The summed E-state index contributed by atoms with van der Waals surface area (Å²) < 4.78 is 17.3. The van der Waals surface area contributed by atoms with Crippen molar-refractivity contribution in [2.75, 3.05) is 25.6 Å². The van der Waals surface area contributed by atoms with Gasteiger partial charge in [-0.25, -0.2) is 14.8 Å². The Morgan fingerprint density at radius 3 is 2.62 bits per heavy atom. The van der Waals surface area contributed by atoms with E-state index >= 15 is 0 Å². The molecule has 0 aliphatic heterocycles. The van der Waals surface area contributed by atoms with Crippen LogP contribution in [0.3, 0.4) is 0 Å². The topological polar surface area (TPSA) is 203 Å². The number of hydrogen-bond acceptors (Lipinski definition) is 11. The van der Waals surface area contributed by atoms with Gasteiger partial charge in [-0.1, -0.05) is 0 Å². The molecule has 4 aromatic rings. The van der Waals surface area contributed by atoms with E-state index in [1.807, 2.05) is 0 Å². The first-order chi connectivity index (χ1) is 18.8. The summed E-state index contributed by atoms with van der Waals surface area (Å²) in [6, 6.07) is 10.5. The number of hydrogen-bond donors (Lipinski definition) is 5. The molecular weight excluding hydrogens is 508 g/mol. The zero-order valence-electron chi connectivity index (χ0n) is 21.0. The molecule has 0 unspecified atom stereocenters. The fraction of sp³-hybridized carbons (Fsp3) is 0.200. The van der Waals surface area contributed by atoms with Crippen molar-refractivity contribution < 1.29 is 24.1 Å². The van der Waals surface area contributed by atoms with Crippen LogP contribution in [0.25, 0.3) is 5.95 Å². The standard InChI is InChI=1S/C25H26N8O6/c1-14(35)39-20-12-16(4-5-19(20)22(26)27)30-21(15-10-17(37-2)13-18(11-15)38-9-8-34)23-31-25(36)33(32-23)24-28-6-3-7-29-24/h3-7,10-13,21,30,34H,8-9H2,1-2H3,(H3,26,27)(H,31,32,36)/t21-/m0/s1. The first kappa shape index (κ1) is 26.8. The fourth-order valence-corrected chi connectivity index (χ4v) is 3.68. The smallest absolute Gasteiger partial charge is 0.350 e. The molecule has 6 N–H and O–H groups in total. The molecule has 0 fully saturated rings. The van der Waals surface area contributed by atoms with Crippen LogP contribution < -0.4 is 31.0 Å². The lowest BCUT2D eigenvalue weighted by atomic mass is 10.0. The monoisotopic (exact) mass is 534 g/mol. The van der Waals surface area contributed by atoms with Gasteiger partial charge in [0.2, 0.25) is 0 Å². The number of nitrogens with zero attached hydrogens (tertiary/aromatic N) is 4. The summed E-state index contributed by atoms with van der Waals surface area (Å²) in [6.07, 6.45) is 2.97. The number of aliphatic hydroxyl groups excluding tert-OH is 1. The maximum atomic E-state index is 12.8. The van der Waals surface area contributed by atoms with E-state index in [4.69, 9.17) is 25.4 Å². The number of esters is 1. The van der Waals surface area contributed by atoms with Gasteiger partial charge in [0.15, 0.2) is 5.82 Å². The fourth-order valence-electron chi connectivity index (χ4n) is 3.68. The predicted octanol–water partition coefficient (Wildman–Crippen LogP) is 1.14. The van der Waals surface area contributed by atoms with Crippen LogP contribution in [0.5, 0.6) is 17.2 Å². The summed E-state index contributed by atoms with van der Waals surface area (Å²) in [5.74, 6) is 0.337. The van der Waals surface area contributed by atoms with Gasteiger partial charge in [0.1, 0.15) is 35.7 Å². The molecule has 202 valence electrons. The molecule has 39 heavy (non-hydrogen) atoms. The van der Waals surface area contributed by atoms with Crippen molar-refractivity contribution in [3.05, 3.63) is 82.3 Å². The van der Waals surface area contributed by atoms with Gasteiger partial charge in [-0.15, -0.1) is 9.78 Å². The number of carbonyl (C=O) groups is 1. The first-order valence-electron chi connectivity index (χ1n) is 11.6. The maximum Gasteiger partial charge on any atom is 0.350 e. The lowest BCUT2D eigenvalue weighted by Crippen LogP contribution is -2.18. The second-order valence-corrected chi connectivity index (χ2v) is 8.09. The van der Waals surface area contributed by atoms with Gasteiger partial charge in [0, 0.05) is 37.1 Å².